The highest BCUT2D eigenvalue weighted by molar-refractivity contribution is 7.90. The van der Waals surface area contributed by atoms with E-state index in [0.29, 0.717) is 0 Å². The number of hydrogen-bond donors (Lipinski definition) is 2. The van der Waals surface area contributed by atoms with Crippen molar-refractivity contribution in [2.24, 2.45) is 0 Å². The first kappa shape index (κ1) is 12.3. The summed E-state index contributed by atoms with van der Waals surface area (Å²) in [5, 5.41) is 11.0. The monoisotopic (exact) mass is 344 g/mol. The molecule has 0 atom stereocenters. The number of nitrogens with zero attached hydrogens (tertiary/aromatic N) is 3. The number of benzene rings is 1. The molecule has 0 aliphatic heterocycles. The van der Waals surface area contributed by atoms with Gasteiger partial charge in [-0.15, -0.1) is 10.2 Å². The van der Waals surface area contributed by atoms with Gasteiger partial charge in [-0.1, -0.05) is 12.1 Å². The third kappa shape index (κ3) is 3.49. The van der Waals surface area contributed by atoms with Gasteiger partial charge in [0.2, 0.25) is 5.28 Å². The second-order valence-electron chi connectivity index (χ2n) is 4.13. The smallest absolute Gasteiger partial charge is 0.275 e. The Hall–Kier alpha value is -2.26. The molecule has 0 spiro atoms. The van der Waals surface area contributed by atoms with Gasteiger partial charge in [-0.2, -0.15) is 4.98 Å². The van der Waals surface area contributed by atoms with Crippen LogP contribution in [-0.4, -0.2) is 42.7 Å². The quantitative estimate of drug-likeness (QED) is 0.851. The number of aromatic nitrogens is 3. The number of sulfone groups is 1. The van der Waals surface area contributed by atoms with Gasteiger partial charge in [0.25, 0.3) is 5.91 Å². The molecular formula is C12H12ClN5O3S. The highest BCUT2D eigenvalue weighted by atomic mass is 35.5. The van der Waals surface area contributed by atoms with Crippen molar-refractivity contribution in [3.05, 3.63) is 35.2 Å². The highest BCUT2D eigenvalue weighted by Gasteiger charge is 2.19. The fourth-order valence-corrected chi connectivity index (χ4v) is 2.59. The zero-order valence-electron chi connectivity index (χ0n) is 14.2. The molecule has 0 aliphatic rings. The van der Waals surface area contributed by atoms with Crippen LogP contribution in [0.2, 0.25) is 5.28 Å². The third-order valence-electron chi connectivity index (χ3n) is 2.53. The molecular weight excluding hydrogens is 330 g/mol. The number of amides is 1. The van der Waals surface area contributed by atoms with Crippen molar-refractivity contribution in [2.75, 3.05) is 18.5 Å². The van der Waals surface area contributed by atoms with Crippen molar-refractivity contribution in [3.8, 4) is 0 Å². The van der Waals surface area contributed by atoms with Crippen LogP contribution in [-0.2, 0) is 9.84 Å². The van der Waals surface area contributed by atoms with E-state index < -0.39 is 28.4 Å². The zero-order chi connectivity index (χ0) is 18.8. The van der Waals surface area contributed by atoms with Crippen molar-refractivity contribution < 1.29 is 17.3 Å². The van der Waals surface area contributed by atoms with Gasteiger partial charge in [0.05, 0.1) is 10.6 Å². The lowest BCUT2D eigenvalue weighted by atomic mass is 10.3. The minimum atomic E-state index is -3.58. The number of anilines is 2. The van der Waals surface area contributed by atoms with E-state index in [1.165, 1.54) is 18.2 Å². The Labute approximate surface area is 136 Å². The summed E-state index contributed by atoms with van der Waals surface area (Å²) in [5.41, 5.74) is -0.340. The van der Waals surface area contributed by atoms with Crippen LogP contribution >= 0.6 is 11.6 Å². The lowest BCUT2D eigenvalue weighted by Crippen LogP contribution is -2.22. The number of halogens is 1. The number of carbonyl (C=O) groups excluding carboxylic acids is 1. The molecule has 10 heteroatoms. The molecule has 22 heavy (non-hydrogen) atoms. The Bertz CT molecular complexity index is 920. The number of para-hydroxylation sites is 1. The van der Waals surface area contributed by atoms with Crippen LogP contribution in [0, 0.1) is 0 Å². The standard InChI is InChI=1S/C12H12ClN5O3S/c1-14-11(19)9-10(16-12(13)18-17-9)15-7-5-3-4-6-8(7)22(2,20)21/h3-6H,1-2H3,(H,14,19)(H,15,16,18)/i1D3. The Morgan fingerprint density at radius 3 is 2.73 bits per heavy atom. The molecule has 0 aliphatic carbocycles. The summed E-state index contributed by atoms with van der Waals surface area (Å²) >= 11 is 5.66. The Morgan fingerprint density at radius 2 is 2.05 bits per heavy atom. The van der Waals surface area contributed by atoms with E-state index in [9.17, 15) is 13.2 Å². The lowest BCUT2D eigenvalue weighted by molar-refractivity contribution is 0.0957. The second kappa shape index (κ2) is 6.24. The fraction of sp³-hybridized carbons (Fsp3) is 0.167. The summed E-state index contributed by atoms with van der Waals surface area (Å²) in [6, 6.07) is 5.89. The van der Waals surface area contributed by atoms with Gasteiger partial charge in [-0.25, -0.2) is 8.42 Å². The first-order chi connectivity index (χ1) is 11.5. The minimum Gasteiger partial charge on any atom is -0.354 e. The Kier molecular flexibility index (Phi) is 3.49. The largest absolute Gasteiger partial charge is 0.354 e. The lowest BCUT2D eigenvalue weighted by Gasteiger charge is -2.12. The van der Waals surface area contributed by atoms with Gasteiger partial charge < -0.3 is 10.6 Å². The molecule has 0 unspecified atom stereocenters. The zero-order valence-corrected chi connectivity index (χ0v) is 12.7. The van der Waals surface area contributed by atoms with Crippen LogP contribution in [0.5, 0.6) is 0 Å². The molecule has 1 amide bonds. The van der Waals surface area contributed by atoms with Gasteiger partial charge in [-0.05, 0) is 23.7 Å². The molecule has 2 aromatic rings. The Balaban J connectivity index is 2.48. The summed E-state index contributed by atoms with van der Waals surface area (Å²) < 4.78 is 44.9. The molecule has 0 saturated heterocycles. The molecule has 1 aromatic carbocycles. The number of rotatable bonds is 4. The van der Waals surface area contributed by atoms with Crippen LogP contribution in [0.1, 0.15) is 14.6 Å². The van der Waals surface area contributed by atoms with Crippen LogP contribution in [0.15, 0.2) is 29.2 Å². The molecule has 0 bridgehead atoms. The topological polar surface area (TPSA) is 114 Å². The van der Waals surface area contributed by atoms with E-state index in [1.54, 1.807) is 11.4 Å². The van der Waals surface area contributed by atoms with E-state index in [-0.39, 0.29) is 21.7 Å². The number of hydrogen-bond acceptors (Lipinski definition) is 7. The van der Waals surface area contributed by atoms with Crippen molar-refractivity contribution >= 4 is 38.9 Å². The summed E-state index contributed by atoms with van der Waals surface area (Å²) in [6.45, 7) is -2.75. The first-order valence-electron chi connectivity index (χ1n) is 7.26. The molecule has 116 valence electrons. The van der Waals surface area contributed by atoms with Crippen molar-refractivity contribution in [3.63, 3.8) is 0 Å². The Morgan fingerprint density at radius 1 is 1.32 bits per heavy atom. The highest BCUT2D eigenvalue weighted by Crippen LogP contribution is 2.25. The van der Waals surface area contributed by atoms with Crippen LogP contribution < -0.4 is 10.6 Å². The van der Waals surface area contributed by atoms with E-state index >= 15 is 0 Å². The maximum Gasteiger partial charge on any atom is 0.275 e. The summed E-state index contributed by atoms with van der Waals surface area (Å²) in [4.78, 5) is 15.8. The van der Waals surface area contributed by atoms with Crippen molar-refractivity contribution in [1.82, 2.24) is 20.5 Å². The minimum absolute atomic E-state index is 0.0492. The second-order valence-corrected chi connectivity index (χ2v) is 6.45. The van der Waals surface area contributed by atoms with Crippen LogP contribution in [0.4, 0.5) is 11.5 Å². The molecule has 2 rings (SSSR count). The van der Waals surface area contributed by atoms with E-state index in [4.69, 9.17) is 15.7 Å². The average Bonchev–Trinajstić information content (AvgIpc) is 2.44. The molecule has 1 heterocycles. The summed E-state index contributed by atoms with van der Waals surface area (Å²) in [6.07, 6.45) is 1.01. The average molecular weight is 345 g/mol. The summed E-state index contributed by atoms with van der Waals surface area (Å²) in [7, 11) is -3.58. The van der Waals surface area contributed by atoms with Gasteiger partial charge in [0, 0.05) is 17.3 Å². The van der Waals surface area contributed by atoms with Crippen molar-refractivity contribution in [2.45, 2.75) is 4.90 Å². The SMILES string of the molecule is [2H]C([2H])([2H])NC(=O)c1nnc(Cl)nc1Nc1ccccc1S(C)(=O)=O. The fourth-order valence-electron chi connectivity index (χ4n) is 1.63. The van der Waals surface area contributed by atoms with Crippen molar-refractivity contribution in [1.29, 1.82) is 0 Å². The van der Waals surface area contributed by atoms with E-state index in [1.807, 2.05) is 0 Å². The summed E-state index contributed by atoms with van der Waals surface area (Å²) in [5.74, 6) is -1.31. The van der Waals surface area contributed by atoms with Crippen LogP contribution in [0.25, 0.3) is 0 Å². The molecule has 8 nitrogen and oxygen atoms in total. The normalized spacial score (nSPS) is 13.6. The van der Waals surface area contributed by atoms with Gasteiger partial charge >= 0.3 is 0 Å². The predicted molar refractivity (Wildman–Crippen MR) is 81.1 cm³/mol. The molecule has 2 N–H and O–H groups in total. The molecule has 0 fully saturated rings. The van der Waals surface area contributed by atoms with Crippen LogP contribution in [0.3, 0.4) is 0 Å². The molecule has 0 radical (unpaired) electrons. The van der Waals surface area contributed by atoms with Gasteiger partial charge in [0.15, 0.2) is 21.3 Å². The maximum atomic E-state index is 12.0. The van der Waals surface area contributed by atoms with E-state index in [2.05, 4.69) is 20.5 Å². The van der Waals surface area contributed by atoms with Gasteiger partial charge in [-0.3, -0.25) is 4.79 Å². The van der Waals surface area contributed by atoms with E-state index in [0.717, 1.165) is 6.26 Å². The van der Waals surface area contributed by atoms with Gasteiger partial charge in [0.1, 0.15) is 0 Å². The molecule has 0 saturated carbocycles. The molecule has 1 aromatic heterocycles. The maximum absolute atomic E-state index is 12.0. The number of nitrogens with one attached hydrogen (secondary N) is 2. The first-order valence-corrected chi connectivity index (χ1v) is 8.03. The predicted octanol–water partition coefficient (Wildman–Crippen LogP) is 1.03. The number of carbonyl (C=O) groups is 1. The third-order valence-corrected chi connectivity index (χ3v) is 3.84.